The van der Waals surface area contributed by atoms with Crippen molar-refractivity contribution in [3.63, 3.8) is 0 Å². The molecule has 0 N–H and O–H groups in total. The Bertz CT molecular complexity index is 1010. The molecule has 0 aliphatic carbocycles. The van der Waals surface area contributed by atoms with Gasteiger partial charge < -0.3 is 10.1 Å². The number of amides is 1. The van der Waals surface area contributed by atoms with E-state index in [1.165, 1.54) is 22.9 Å². The van der Waals surface area contributed by atoms with Crippen molar-refractivity contribution < 1.29 is 9.52 Å². The second-order valence-electron chi connectivity index (χ2n) is 5.70. The number of pyridine rings is 2. The average Bonchev–Trinajstić information content (AvgIpc) is 2.61. The summed E-state index contributed by atoms with van der Waals surface area (Å²) in [7, 11) is 0. The zero-order chi connectivity index (χ0) is 16.7. The van der Waals surface area contributed by atoms with Crippen molar-refractivity contribution in [1.82, 2.24) is 14.3 Å². The van der Waals surface area contributed by atoms with Crippen LogP contribution in [0.1, 0.15) is 21.6 Å². The smallest absolute Gasteiger partial charge is 0.263 e. The molecule has 4 heterocycles. The minimum atomic E-state index is -0.261. The zero-order valence-electron chi connectivity index (χ0n) is 12.8. The van der Waals surface area contributed by atoms with Gasteiger partial charge in [-0.1, -0.05) is 6.07 Å². The lowest BCUT2D eigenvalue weighted by Gasteiger charge is -2.27. The average molecular weight is 322 g/mol. The van der Waals surface area contributed by atoms with E-state index in [9.17, 15) is 14.8 Å². The molecule has 0 spiro atoms. The molecule has 4 rings (SSSR count). The number of fused-ring (bicyclic) bond motifs is 2. The first kappa shape index (κ1) is 14.4. The van der Waals surface area contributed by atoms with Gasteiger partial charge >= 0.3 is 0 Å². The lowest BCUT2D eigenvalue weighted by Crippen LogP contribution is -2.41. The van der Waals surface area contributed by atoms with Gasteiger partial charge in [0.05, 0.1) is 17.8 Å². The summed E-state index contributed by atoms with van der Waals surface area (Å²) >= 11 is 0. The summed E-state index contributed by atoms with van der Waals surface area (Å²) in [6.45, 7) is 0.667. The van der Waals surface area contributed by atoms with E-state index in [4.69, 9.17) is 0 Å². The third-order valence-corrected chi connectivity index (χ3v) is 4.19. The summed E-state index contributed by atoms with van der Waals surface area (Å²) in [5, 5.41) is 11.4. The number of carbonyl (C=O) groups is 1. The van der Waals surface area contributed by atoms with Crippen LogP contribution in [0, 0.1) is 5.21 Å². The van der Waals surface area contributed by atoms with Gasteiger partial charge in [0.25, 0.3) is 11.5 Å². The molecular weight excluding hydrogens is 308 g/mol. The fourth-order valence-electron chi connectivity index (χ4n) is 2.99. The molecule has 7 nitrogen and oxygen atoms in total. The van der Waals surface area contributed by atoms with Crippen molar-refractivity contribution in [3.05, 3.63) is 81.3 Å². The van der Waals surface area contributed by atoms with Gasteiger partial charge in [0.2, 0.25) is 0 Å². The van der Waals surface area contributed by atoms with Gasteiger partial charge in [0, 0.05) is 25.2 Å². The number of nitrogens with zero attached hydrogens (tertiary/aromatic N) is 4. The van der Waals surface area contributed by atoms with Crippen LogP contribution >= 0.6 is 0 Å². The maximum absolute atomic E-state index is 12.7. The Morgan fingerprint density at radius 3 is 2.96 bits per heavy atom. The lowest BCUT2D eigenvalue weighted by molar-refractivity contribution is -0.605. The second-order valence-corrected chi connectivity index (χ2v) is 5.70. The summed E-state index contributed by atoms with van der Waals surface area (Å²) in [4.78, 5) is 31.4. The van der Waals surface area contributed by atoms with Crippen LogP contribution in [0.3, 0.4) is 0 Å². The molecule has 0 unspecified atom stereocenters. The van der Waals surface area contributed by atoms with Crippen molar-refractivity contribution in [2.45, 2.75) is 13.0 Å². The summed E-state index contributed by atoms with van der Waals surface area (Å²) in [6.07, 6.45) is 4.75. The summed E-state index contributed by atoms with van der Waals surface area (Å²) < 4.78 is 2.08. The second kappa shape index (κ2) is 5.45. The van der Waals surface area contributed by atoms with Gasteiger partial charge in [-0.2, -0.15) is 4.73 Å². The van der Waals surface area contributed by atoms with E-state index in [1.54, 1.807) is 29.3 Å². The van der Waals surface area contributed by atoms with Gasteiger partial charge in [0.1, 0.15) is 11.2 Å². The number of hydrogen-bond acceptors (Lipinski definition) is 4. The SMILES string of the molecule is O=C(c1ccc[n+]([O-])c1)N1CCc2nc3ccccn3c(=O)c2C1. The van der Waals surface area contributed by atoms with Crippen LogP contribution in [-0.2, 0) is 13.0 Å². The highest BCUT2D eigenvalue weighted by Gasteiger charge is 2.26. The minimum absolute atomic E-state index is 0.153. The third kappa shape index (κ3) is 2.30. The van der Waals surface area contributed by atoms with E-state index >= 15 is 0 Å². The van der Waals surface area contributed by atoms with Gasteiger partial charge in [-0.05, 0) is 18.2 Å². The fraction of sp³-hybridized carbons (Fsp3) is 0.176. The number of hydrogen-bond donors (Lipinski definition) is 0. The first-order valence-electron chi connectivity index (χ1n) is 7.61. The highest BCUT2D eigenvalue weighted by atomic mass is 16.5. The minimum Gasteiger partial charge on any atom is -0.619 e. The summed E-state index contributed by atoms with van der Waals surface area (Å²) in [6, 6.07) is 8.52. The Morgan fingerprint density at radius 2 is 2.12 bits per heavy atom. The number of carbonyl (C=O) groups excluding carboxylic acids is 1. The zero-order valence-corrected chi connectivity index (χ0v) is 12.8. The Hall–Kier alpha value is -3.22. The Labute approximate surface area is 137 Å². The van der Waals surface area contributed by atoms with Gasteiger partial charge in [-0.25, -0.2) is 4.98 Å². The lowest BCUT2D eigenvalue weighted by atomic mass is 10.1. The van der Waals surface area contributed by atoms with Crippen LogP contribution in [0.25, 0.3) is 5.65 Å². The molecule has 3 aromatic heterocycles. The van der Waals surface area contributed by atoms with E-state index < -0.39 is 0 Å². The first-order valence-corrected chi connectivity index (χ1v) is 7.61. The van der Waals surface area contributed by atoms with Gasteiger partial charge in [-0.3, -0.25) is 14.0 Å². The molecule has 7 heteroatoms. The maximum atomic E-state index is 12.7. The Morgan fingerprint density at radius 1 is 1.25 bits per heavy atom. The number of rotatable bonds is 1. The maximum Gasteiger partial charge on any atom is 0.263 e. The van der Waals surface area contributed by atoms with Crippen LogP contribution in [0.2, 0.25) is 0 Å². The van der Waals surface area contributed by atoms with E-state index in [2.05, 4.69) is 4.98 Å². The molecule has 1 amide bonds. The highest BCUT2D eigenvalue weighted by molar-refractivity contribution is 5.93. The molecule has 0 aromatic carbocycles. The quantitative estimate of drug-likeness (QED) is 0.483. The Balaban J connectivity index is 1.72. The first-order chi connectivity index (χ1) is 11.6. The molecule has 0 saturated carbocycles. The van der Waals surface area contributed by atoms with Crippen LogP contribution in [0.15, 0.2) is 53.7 Å². The van der Waals surface area contributed by atoms with Crippen molar-refractivity contribution in [2.24, 2.45) is 0 Å². The summed E-state index contributed by atoms with van der Waals surface area (Å²) in [5.41, 5.74) is 2.03. The normalized spacial score (nSPS) is 13.8. The van der Waals surface area contributed by atoms with Crippen molar-refractivity contribution >= 4 is 11.6 Å². The predicted molar refractivity (Wildman–Crippen MR) is 85.3 cm³/mol. The molecule has 0 bridgehead atoms. The van der Waals surface area contributed by atoms with Crippen molar-refractivity contribution in [2.75, 3.05) is 6.54 Å². The molecule has 120 valence electrons. The monoisotopic (exact) mass is 322 g/mol. The molecule has 0 saturated heterocycles. The van der Waals surface area contributed by atoms with Crippen LogP contribution < -0.4 is 10.3 Å². The van der Waals surface area contributed by atoms with Crippen LogP contribution in [0.5, 0.6) is 0 Å². The van der Waals surface area contributed by atoms with E-state index in [-0.39, 0.29) is 18.0 Å². The molecule has 0 atom stereocenters. The third-order valence-electron chi connectivity index (χ3n) is 4.19. The van der Waals surface area contributed by atoms with Crippen LogP contribution in [-0.4, -0.2) is 26.7 Å². The molecule has 1 aliphatic heterocycles. The molecule has 3 aromatic rings. The van der Waals surface area contributed by atoms with Gasteiger partial charge in [0.15, 0.2) is 12.4 Å². The standard InChI is InChI=1S/C17H14N4O3/c22-16(12-4-3-7-20(24)10-12)19-9-6-14-13(11-19)17(23)21-8-2-1-5-15(21)18-14/h1-5,7-8,10H,6,9,11H2. The van der Waals surface area contributed by atoms with Crippen molar-refractivity contribution in [1.29, 1.82) is 0 Å². The summed E-state index contributed by atoms with van der Waals surface area (Å²) in [5.74, 6) is -0.261. The van der Waals surface area contributed by atoms with Crippen LogP contribution in [0.4, 0.5) is 0 Å². The number of aromatic nitrogens is 3. The molecule has 24 heavy (non-hydrogen) atoms. The van der Waals surface area contributed by atoms with E-state index in [0.29, 0.717) is 34.5 Å². The molecule has 1 aliphatic rings. The van der Waals surface area contributed by atoms with Gasteiger partial charge in [-0.15, -0.1) is 0 Å². The largest absolute Gasteiger partial charge is 0.619 e. The van der Waals surface area contributed by atoms with E-state index in [1.807, 2.05) is 6.07 Å². The topological polar surface area (TPSA) is 81.6 Å². The molecular formula is C17H14N4O3. The molecule has 0 radical (unpaired) electrons. The predicted octanol–water partition coefficient (Wildman–Crippen LogP) is 0.526. The van der Waals surface area contributed by atoms with E-state index in [0.717, 1.165) is 5.69 Å². The molecule has 0 fully saturated rings. The highest BCUT2D eigenvalue weighted by Crippen LogP contribution is 2.17. The fourth-order valence-corrected chi connectivity index (χ4v) is 2.99. The Kier molecular flexibility index (Phi) is 3.26. The van der Waals surface area contributed by atoms with Crippen molar-refractivity contribution in [3.8, 4) is 0 Å².